The molecule has 3 amide bonds. The number of rotatable bonds is 6. The summed E-state index contributed by atoms with van der Waals surface area (Å²) in [5, 5.41) is 3.21. The average molecular weight is 408 g/mol. The Morgan fingerprint density at radius 1 is 1.25 bits per heavy atom. The molecule has 0 spiro atoms. The van der Waals surface area contributed by atoms with Gasteiger partial charge in [0.25, 0.3) is 0 Å². The van der Waals surface area contributed by atoms with Crippen molar-refractivity contribution in [3.05, 3.63) is 23.2 Å². The highest BCUT2D eigenvalue weighted by Crippen LogP contribution is 2.33. The number of nitrogens with one attached hydrogen (secondary N) is 1. The fourth-order valence-electron chi connectivity index (χ4n) is 3.54. The van der Waals surface area contributed by atoms with E-state index in [2.05, 4.69) is 5.32 Å². The molecule has 3 rings (SSSR count). The van der Waals surface area contributed by atoms with E-state index in [-0.39, 0.29) is 36.1 Å². The van der Waals surface area contributed by atoms with Gasteiger partial charge in [0.2, 0.25) is 17.7 Å². The van der Waals surface area contributed by atoms with Crippen molar-refractivity contribution in [2.75, 3.05) is 39.1 Å². The van der Waals surface area contributed by atoms with E-state index in [1.807, 2.05) is 4.90 Å². The summed E-state index contributed by atoms with van der Waals surface area (Å²) in [6.45, 7) is 1.09. The summed E-state index contributed by atoms with van der Waals surface area (Å²) in [4.78, 5) is 40.7. The molecule has 152 valence electrons. The molecule has 1 saturated carbocycles. The first-order valence-corrected chi connectivity index (χ1v) is 9.94. The molecule has 1 aromatic rings. The summed E-state index contributed by atoms with van der Waals surface area (Å²) in [5.41, 5.74) is 0.458. The number of hydrogen-bond acceptors (Lipinski definition) is 4. The Bertz CT molecular complexity index is 766. The Morgan fingerprint density at radius 2 is 2.00 bits per heavy atom. The Kier molecular flexibility index (Phi) is 6.44. The van der Waals surface area contributed by atoms with Gasteiger partial charge in [0.15, 0.2) is 0 Å². The van der Waals surface area contributed by atoms with E-state index in [1.165, 1.54) is 12.0 Å². The lowest BCUT2D eigenvalue weighted by atomic mass is 9.96. The number of nitrogens with zero attached hydrogens (tertiary/aromatic N) is 2. The zero-order chi connectivity index (χ0) is 20.3. The molecule has 1 atom stereocenters. The second-order valence-electron chi connectivity index (χ2n) is 7.48. The number of carbonyl (C=O) groups excluding carboxylic acids is 3. The van der Waals surface area contributed by atoms with E-state index in [4.69, 9.17) is 16.3 Å². The van der Waals surface area contributed by atoms with Crippen LogP contribution in [0.5, 0.6) is 5.75 Å². The van der Waals surface area contributed by atoms with Crippen molar-refractivity contribution in [2.24, 2.45) is 11.8 Å². The van der Waals surface area contributed by atoms with Gasteiger partial charge in [-0.1, -0.05) is 11.6 Å². The highest BCUT2D eigenvalue weighted by Gasteiger charge is 2.37. The highest BCUT2D eigenvalue weighted by molar-refractivity contribution is 6.31. The Labute approximate surface area is 169 Å². The van der Waals surface area contributed by atoms with E-state index in [0.717, 1.165) is 32.2 Å². The molecule has 1 unspecified atom stereocenters. The van der Waals surface area contributed by atoms with E-state index in [0.29, 0.717) is 23.0 Å². The number of carbonyl (C=O) groups is 3. The summed E-state index contributed by atoms with van der Waals surface area (Å²) in [7, 11) is 3.12. The van der Waals surface area contributed by atoms with E-state index < -0.39 is 0 Å². The number of likely N-dealkylation sites (tertiary alicyclic amines) is 1. The van der Waals surface area contributed by atoms with Crippen LogP contribution in [-0.4, -0.2) is 61.3 Å². The molecule has 7 nitrogen and oxygen atoms in total. The zero-order valence-corrected chi connectivity index (χ0v) is 17.0. The minimum absolute atomic E-state index is 0.0818. The van der Waals surface area contributed by atoms with Crippen LogP contribution in [0, 0.1) is 11.8 Å². The maximum atomic E-state index is 12.8. The second kappa shape index (κ2) is 8.82. The Balaban J connectivity index is 1.55. The van der Waals surface area contributed by atoms with Gasteiger partial charge < -0.3 is 19.9 Å². The number of likely N-dealkylation sites (N-methyl/N-ethyl adjacent to an activating group) is 1. The number of hydrogen-bond donors (Lipinski definition) is 1. The lowest BCUT2D eigenvalue weighted by Gasteiger charge is -2.34. The van der Waals surface area contributed by atoms with Crippen LogP contribution in [-0.2, 0) is 14.4 Å². The molecule has 1 N–H and O–H groups in total. The number of halogens is 1. The van der Waals surface area contributed by atoms with Crippen molar-refractivity contribution in [3.8, 4) is 5.75 Å². The van der Waals surface area contributed by atoms with E-state index in [1.54, 1.807) is 25.2 Å². The number of methoxy groups -OCH3 is 1. The van der Waals surface area contributed by atoms with Crippen molar-refractivity contribution in [1.29, 1.82) is 0 Å². The van der Waals surface area contributed by atoms with Gasteiger partial charge in [-0.15, -0.1) is 0 Å². The molecule has 0 bridgehead atoms. The predicted molar refractivity (Wildman–Crippen MR) is 106 cm³/mol. The quantitative estimate of drug-likeness (QED) is 0.785. The first kappa shape index (κ1) is 20.5. The molecule has 1 aromatic carbocycles. The zero-order valence-electron chi connectivity index (χ0n) is 16.2. The van der Waals surface area contributed by atoms with Crippen LogP contribution >= 0.6 is 11.6 Å². The van der Waals surface area contributed by atoms with Gasteiger partial charge in [-0.25, -0.2) is 0 Å². The molecule has 8 heteroatoms. The van der Waals surface area contributed by atoms with Crippen LogP contribution in [0.4, 0.5) is 5.69 Å². The van der Waals surface area contributed by atoms with Gasteiger partial charge in [-0.05, 0) is 43.9 Å². The molecule has 0 radical (unpaired) electrons. The molecule has 28 heavy (non-hydrogen) atoms. The third kappa shape index (κ3) is 4.95. The first-order chi connectivity index (χ1) is 13.4. The van der Waals surface area contributed by atoms with Gasteiger partial charge >= 0.3 is 0 Å². The fourth-order valence-corrected chi connectivity index (χ4v) is 3.71. The van der Waals surface area contributed by atoms with Crippen molar-refractivity contribution < 1.29 is 19.1 Å². The van der Waals surface area contributed by atoms with Crippen molar-refractivity contribution in [2.45, 2.75) is 25.7 Å². The van der Waals surface area contributed by atoms with Gasteiger partial charge in [0, 0.05) is 31.1 Å². The summed E-state index contributed by atoms with van der Waals surface area (Å²) in [6.07, 6.45) is 3.47. The summed E-state index contributed by atoms with van der Waals surface area (Å²) >= 11 is 5.98. The normalized spacial score (nSPS) is 19.1. The molecular weight excluding hydrogens is 382 g/mol. The summed E-state index contributed by atoms with van der Waals surface area (Å²) in [5.74, 6) is 0.124. The highest BCUT2D eigenvalue weighted by atomic mass is 35.5. The SMILES string of the molecule is COc1ccc(Cl)cc1NC(=O)CN(C)C(=O)C1CCCN(C(=O)C2CC2)C1. The lowest BCUT2D eigenvalue weighted by molar-refractivity contribution is -0.142. The van der Waals surface area contributed by atoms with Crippen molar-refractivity contribution in [1.82, 2.24) is 9.80 Å². The van der Waals surface area contributed by atoms with Crippen LogP contribution in [0.25, 0.3) is 0 Å². The molecule has 2 fully saturated rings. The van der Waals surface area contributed by atoms with Crippen LogP contribution in [0.3, 0.4) is 0 Å². The number of benzene rings is 1. The van der Waals surface area contributed by atoms with Gasteiger partial charge in [-0.3, -0.25) is 14.4 Å². The number of ether oxygens (including phenoxy) is 1. The maximum absolute atomic E-state index is 12.8. The number of anilines is 1. The smallest absolute Gasteiger partial charge is 0.244 e. The van der Waals surface area contributed by atoms with Crippen LogP contribution < -0.4 is 10.1 Å². The van der Waals surface area contributed by atoms with Crippen LogP contribution in [0.2, 0.25) is 5.02 Å². The molecule has 0 aromatic heterocycles. The molecule has 1 saturated heterocycles. The third-order valence-electron chi connectivity index (χ3n) is 5.20. The average Bonchev–Trinajstić information content (AvgIpc) is 3.52. The van der Waals surface area contributed by atoms with Crippen molar-refractivity contribution >= 4 is 35.0 Å². The predicted octanol–water partition coefficient (Wildman–Crippen LogP) is 2.39. The molecular formula is C20H26ClN3O4. The van der Waals surface area contributed by atoms with Crippen LogP contribution in [0.1, 0.15) is 25.7 Å². The topological polar surface area (TPSA) is 79.0 Å². The van der Waals surface area contributed by atoms with Crippen LogP contribution in [0.15, 0.2) is 18.2 Å². The summed E-state index contributed by atoms with van der Waals surface area (Å²) < 4.78 is 5.22. The largest absolute Gasteiger partial charge is 0.495 e. The third-order valence-corrected chi connectivity index (χ3v) is 5.44. The summed E-state index contributed by atoms with van der Waals surface area (Å²) in [6, 6.07) is 4.94. The molecule has 1 aliphatic carbocycles. The second-order valence-corrected chi connectivity index (χ2v) is 7.92. The van der Waals surface area contributed by atoms with Gasteiger partial charge in [0.05, 0.1) is 25.3 Å². The lowest BCUT2D eigenvalue weighted by Crippen LogP contribution is -2.47. The molecule has 2 aliphatic rings. The fraction of sp³-hybridized carbons (Fsp3) is 0.550. The maximum Gasteiger partial charge on any atom is 0.244 e. The first-order valence-electron chi connectivity index (χ1n) is 9.56. The van der Waals surface area contributed by atoms with E-state index in [9.17, 15) is 14.4 Å². The monoisotopic (exact) mass is 407 g/mol. The molecule has 1 heterocycles. The van der Waals surface area contributed by atoms with Gasteiger partial charge in [0.1, 0.15) is 5.75 Å². The minimum Gasteiger partial charge on any atom is -0.495 e. The number of amides is 3. The van der Waals surface area contributed by atoms with E-state index >= 15 is 0 Å². The Hall–Kier alpha value is -2.28. The molecule has 1 aliphatic heterocycles. The Morgan fingerprint density at radius 3 is 2.68 bits per heavy atom. The van der Waals surface area contributed by atoms with Crippen molar-refractivity contribution in [3.63, 3.8) is 0 Å². The number of piperidine rings is 1. The van der Waals surface area contributed by atoms with Gasteiger partial charge in [-0.2, -0.15) is 0 Å². The standard InChI is InChI=1S/C20H26ClN3O4/c1-23(12-18(25)22-16-10-15(21)7-8-17(16)28-2)19(26)14-4-3-9-24(11-14)20(27)13-5-6-13/h7-8,10,13-14H,3-6,9,11-12H2,1-2H3,(H,22,25). The minimum atomic E-state index is -0.335.